The van der Waals surface area contributed by atoms with Crippen molar-refractivity contribution in [1.29, 1.82) is 0 Å². The molecule has 3 aliphatic rings. The van der Waals surface area contributed by atoms with E-state index in [0.717, 1.165) is 24.6 Å². The fourth-order valence-corrected chi connectivity index (χ4v) is 3.71. The van der Waals surface area contributed by atoms with Crippen LogP contribution in [0.4, 0.5) is 0 Å². The second kappa shape index (κ2) is 3.22. The van der Waals surface area contributed by atoms with Crippen LogP contribution in [0.25, 0.3) is 0 Å². The van der Waals surface area contributed by atoms with E-state index in [4.69, 9.17) is 4.74 Å². The van der Waals surface area contributed by atoms with Gasteiger partial charge in [0.2, 0.25) is 0 Å². The summed E-state index contributed by atoms with van der Waals surface area (Å²) in [4.78, 5) is 12.0. The first-order valence-corrected chi connectivity index (χ1v) is 6.73. The number of carbonyl (C=O) groups is 1. The highest BCUT2D eigenvalue weighted by molar-refractivity contribution is 9.09. The summed E-state index contributed by atoms with van der Waals surface area (Å²) >= 11 is 3.55. The van der Waals surface area contributed by atoms with E-state index < -0.39 is 0 Å². The van der Waals surface area contributed by atoms with Crippen LogP contribution in [-0.2, 0) is 9.53 Å². The van der Waals surface area contributed by atoms with Crippen molar-refractivity contribution in [2.24, 2.45) is 10.8 Å². The minimum Gasteiger partial charge on any atom is -0.460 e. The van der Waals surface area contributed by atoms with Crippen LogP contribution in [0.2, 0.25) is 0 Å². The molecule has 2 nitrogen and oxygen atoms in total. The third-order valence-corrected chi connectivity index (χ3v) is 4.87. The molecule has 0 amide bonds. The first-order valence-electron chi connectivity index (χ1n) is 5.60. The first-order chi connectivity index (χ1) is 6.81. The predicted molar refractivity (Wildman–Crippen MR) is 63.0 cm³/mol. The van der Waals surface area contributed by atoms with Crippen LogP contribution in [0.3, 0.4) is 0 Å². The molecule has 3 saturated carbocycles. The third-order valence-electron chi connectivity index (χ3n) is 3.68. The van der Waals surface area contributed by atoms with E-state index in [0.29, 0.717) is 5.41 Å². The van der Waals surface area contributed by atoms with E-state index in [2.05, 4.69) is 15.9 Å². The summed E-state index contributed by atoms with van der Waals surface area (Å²) in [5.41, 5.74) is -0.0565. The smallest absolute Gasteiger partial charge is 0.312 e. The minimum absolute atomic E-state index is 0.0316. The number of rotatable bonds is 2. The highest BCUT2D eigenvalue weighted by Crippen LogP contribution is 2.68. The summed E-state index contributed by atoms with van der Waals surface area (Å²) in [7, 11) is 0. The van der Waals surface area contributed by atoms with Crippen molar-refractivity contribution in [2.45, 2.75) is 52.1 Å². The van der Waals surface area contributed by atoms with Gasteiger partial charge in [-0.15, -0.1) is 0 Å². The van der Waals surface area contributed by atoms with Gasteiger partial charge in [-0.1, -0.05) is 15.9 Å². The Morgan fingerprint density at radius 1 is 1.33 bits per heavy atom. The highest BCUT2D eigenvalue weighted by atomic mass is 79.9. The van der Waals surface area contributed by atoms with E-state index in [1.807, 2.05) is 20.8 Å². The molecule has 3 fully saturated rings. The number of alkyl halides is 1. The molecule has 15 heavy (non-hydrogen) atoms. The second-order valence-electron chi connectivity index (χ2n) is 6.27. The summed E-state index contributed by atoms with van der Waals surface area (Å²) in [6, 6.07) is 0. The fraction of sp³-hybridized carbons (Fsp3) is 0.917. The molecule has 3 heteroatoms. The number of esters is 1. The molecule has 0 saturated heterocycles. The molecule has 3 rings (SSSR count). The van der Waals surface area contributed by atoms with Gasteiger partial charge in [0.1, 0.15) is 5.60 Å². The topological polar surface area (TPSA) is 26.3 Å². The van der Waals surface area contributed by atoms with Crippen LogP contribution in [0.5, 0.6) is 0 Å². The van der Waals surface area contributed by atoms with Crippen LogP contribution >= 0.6 is 15.9 Å². The molecule has 0 aromatic carbocycles. The molecule has 86 valence electrons. The van der Waals surface area contributed by atoms with Gasteiger partial charge in [-0.25, -0.2) is 0 Å². The van der Waals surface area contributed by atoms with E-state index in [1.54, 1.807) is 0 Å². The van der Waals surface area contributed by atoms with E-state index in [1.165, 1.54) is 6.42 Å². The fourth-order valence-electron chi connectivity index (χ4n) is 3.04. The Hall–Kier alpha value is -0.0500. The molecular formula is C12H19BrO2. The Morgan fingerprint density at radius 2 is 1.93 bits per heavy atom. The number of hydrogen-bond acceptors (Lipinski definition) is 2. The maximum Gasteiger partial charge on any atom is 0.312 e. The third kappa shape index (κ3) is 1.83. The second-order valence-corrected chi connectivity index (χ2v) is 6.83. The van der Waals surface area contributed by atoms with Crippen molar-refractivity contribution in [1.82, 2.24) is 0 Å². The largest absolute Gasteiger partial charge is 0.460 e. The van der Waals surface area contributed by atoms with Crippen LogP contribution in [0.1, 0.15) is 46.5 Å². The first kappa shape index (κ1) is 11.4. The Bertz CT molecular complexity index is 284. The molecule has 0 heterocycles. The summed E-state index contributed by atoms with van der Waals surface area (Å²) in [5.74, 6) is 0.0316. The van der Waals surface area contributed by atoms with Gasteiger partial charge in [-0.3, -0.25) is 4.79 Å². The monoisotopic (exact) mass is 274 g/mol. The highest BCUT2D eigenvalue weighted by Gasteiger charge is 2.64. The Labute approximate surface area is 99.9 Å². The predicted octanol–water partition coefficient (Wildman–Crippen LogP) is 3.28. The lowest BCUT2D eigenvalue weighted by Crippen LogP contribution is -2.46. The molecule has 0 N–H and O–H groups in total. The number of hydrogen-bond donors (Lipinski definition) is 0. The zero-order valence-electron chi connectivity index (χ0n) is 9.73. The van der Waals surface area contributed by atoms with Crippen LogP contribution in [0, 0.1) is 10.8 Å². The van der Waals surface area contributed by atoms with Gasteiger partial charge in [-0.2, -0.15) is 0 Å². The summed E-state index contributed by atoms with van der Waals surface area (Å²) in [6.07, 6.45) is 4.26. The van der Waals surface area contributed by atoms with Gasteiger partial charge in [0.05, 0.1) is 5.41 Å². The number of ether oxygens (including phenoxy) is 1. The minimum atomic E-state index is -0.346. The summed E-state index contributed by atoms with van der Waals surface area (Å²) < 4.78 is 5.50. The molecule has 0 aliphatic heterocycles. The zero-order valence-corrected chi connectivity index (χ0v) is 11.3. The van der Waals surface area contributed by atoms with Crippen LogP contribution in [0.15, 0.2) is 0 Å². The molecule has 3 aliphatic carbocycles. The van der Waals surface area contributed by atoms with Gasteiger partial charge in [0.15, 0.2) is 0 Å². The lowest BCUT2D eigenvalue weighted by molar-refractivity contribution is -0.174. The Balaban J connectivity index is 2.00. The summed E-state index contributed by atoms with van der Waals surface area (Å²) in [5, 5.41) is 1.03. The van der Waals surface area contributed by atoms with Crippen molar-refractivity contribution in [2.75, 3.05) is 5.33 Å². The van der Waals surface area contributed by atoms with Crippen LogP contribution in [-0.4, -0.2) is 16.9 Å². The Kier molecular flexibility index (Phi) is 2.46. The molecule has 0 unspecified atom stereocenters. The molecule has 0 spiro atoms. The van der Waals surface area contributed by atoms with E-state index in [9.17, 15) is 4.79 Å². The quantitative estimate of drug-likeness (QED) is 0.571. The Morgan fingerprint density at radius 3 is 2.33 bits per heavy atom. The van der Waals surface area contributed by atoms with Crippen molar-refractivity contribution < 1.29 is 9.53 Å². The zero-order chi connectivity index (χ0) is 11.3. The standard InChI is InChI=1S/C12H19BrO2/c1-10(2,3)15-9(14)12-5-4-11(6-12,7-12)8-13/h4-8H2,1-3H3. The van der Waals surface area contributed by atoms with E-state index in [-0.39, 0.29) is 17.0 Å². The van der Waals surface area contributed by atoms with Crippen molar-refractivity contribution >= 4 is 21.9 Å². The lowest BCUT2D eigenvalue weighted by Gasteiger charge is -2.45. The molecule has 2 bridgehead atoms. The average Bonchev–Trinajstić information content (AvgIpc) is 2.54. The number of fused-ring (bicyclic) bond motifs is 1. The van der Waals surface area contributed by atoms with Gasteiger partial charge >= 0.3 is 5.97 Å². The maximum absolute atomic E-state index is 12.0. The maximum atomic E-state index is 12.0. The molecule has 0 aromatic heterocycles. The van der Waals surface area contributed by atoms with Crippen LogP contribution < -0.4 is 0 Å². The van der Waals surface area contributed by atoms with Gasteiger partial charge in [-0.05, 0) is 51.9 Å². The average molecular weight is 275 g/mol. The van der Waals surface area contributed by atoms with Gasteiger partial charge < -0.3 is 4.74 Å². The normalized spacial score (nSPS) is 38.7. The molecular weight excluding hydrogens is 256 g/mol. The van der Waals surface area contributed by atoms with Gasteiger partial charge in [0.25, 0.3) is 0 Å². The molecule has 0 atom stereocenters. The van der Waals surface area contributed by atoms with Crippen molar-refractivity contribution in [3.05, 3.63) is 0 Å². The van der Waals surface area contributed by atoms with Crippen molar-refractivity contribution in [3.8, 4) is 0 Å². The van der Waals surface area contributed by atoms with Crippen molar-refractivity contribution in [3.63, 3.8) is 0 Å². The number of carbonyl (C=O) groups excluding carboxylic acids is 1. The molecule has 0 radical (unpaired) electrons. The molecule has 0 aromatic rings. The lowest BCUT2D eigenvalue weighted by atomic mass is 9.61. The number of halogens is 1. The SMILES string of the molecule is CC(C)(C)OC(=O)C12CCC(CBr)(C1)C2. The summed E-state index contributed by atoms with van der Waals surface area (Å²) in [6.45, 7) is 5.81. The van der Waals surface area contributed by atoms with E-state index >= 15 is 0 Å². The van der Waals surface area contributed by atoms with Gasteiger partial charge in [0, 0.05) is 5.33 Å².